The largest absolute Gasteiger partial charge is 0.401 e. The van der Waals surface area contributed by atoms with Gasteiger partial charge >= 0.3 is 0 Å². The molecule has 0 aromatic rings. The number of ketones is 1. The maximum absolute atomic E-state index is 10.9. The van der Waals surface area contributed by atoms with Gasteiger partial charge in [0.25, 0.3) is 0 Å². The summed E-state index contributed by atoms with van der Waals surface area (Å²) in [7, 11) is 1.39. The molecule has 0 aromatic heterocycles. The molecule has 4 nitrogen and oxygen atoms in total. The second-order valence-electron chi connectivity index (χ2n) is 2.03. The molecular formula is C7H10N2O2. The molecule has 0 atom stereocenters. The third-order valence-electron chi connectivity index (χ3n) is 1.06. The van der Waals surface area contributed by atoms with Gasteiger partial charge in [-0.05, 0) is 6.92 Å². The summed E-state index contributed by atoms with van der Waals surface area (Å²) >= 11 is 0. The summed E-state index contributed by atoms with van der Waals surface area (Å²) in [5, 5.41) is 8.43. The van der Waals surface area contributed by atoms with Crippen LogP contribution in [0.3, 0.4) is 0 Å². The fourth-order valence-corrected chi connectivity index (χ4v) is 0.574. The number of nitriles is 1. The zero-order valence-corrected chi connectivity index (χ0v) is 6.55. The average Bonchev–Trinajstić information content (AvgIpc) is 1.88. The van der Waals surface area contributed by atoms with Crippen molar-refractivity contribution < 1.29 is 9.53 Å². The molecule has 0 saturated carbocycles. The van der Waals surface area contributed by atoms with Crippen LogP contribution in [-0.2, 0) is 9.53 Å². The van der Waals surface area contributed by atoms with Gasteiger partial charge in [-0.15, -0.1) is 0 Å². The summed E-state index contributed by atoms with van der Waals surface area (Å²) in [4.78, 5) is 10.9. The molecule has 0 bridgehead atoms. The Kier molecular flexibility index (Phi) is 3.93. The highest BCUT2D eigenvalue weighted by Crippen LogP contribution is 1.98. The molecule has 0 saturated heterocycles. The topological polar surface area (TPSA) is 76.1 Å². The van der Waals surface area contributed by atoms with E-state index in [1.54, 1.807) is 6.07 Å². The summed E-state index contributed by atoms with van der Waals surface area (Å²) in [5.41, 5.74) is 5.47. The van der Waals surface area contributed by atoms with Crippen molar-refractivity contribution in [1.29, 1.82) is 5.26 Å². The highest BCUT2D eigenvalue weighted by atomic mass is 16.5. The Labute approximate surface area is 65.2 Å². The Morgan fingerprint density at radius 3 is 2.55 bits per heavy atom. The van der Waals surface area contributed by atoms with E-state index in [-0.39, 0.29) is 23.7 Å². The molecule has 0 unspecified atom stereocenters. The van der Waals surface area contributed by atoms with Crippen LogP contribution in [0.25, 0.3) is 0 Å². The van der Waals surface area contributed by atoms with E-state index >= 15 is 0 Å². The number of carbonyl (C=O) groups excluding carboxylic acids is 1. The minimum Gasteiger partial charge on any atom is -0.401 e. The third kappa shape index (κ3) is 2.83. The number of methoxy groups -OCH3 is 1. The van der Waals surface area contributed by atoms with Crippen LogP contribution in [0, 0.1) is 11.3 Å². The molecule has 0 aliphatic rings. The highest BCUT2D eigenvalue weighted by Gasteiger charge is 2.09. The zero-order chi connectivity index (χ0) is 8.85. The van der Waals surface area contributed by atoms with Crippen LogP contribution in [0.4, 0.5) is 0 Å². The van der Waals surface area contributed by atoms with Gasteiger partial charge in [0.2, 0.25) is 5.78 Å². The van der Waals surface area contributed by atoms with Gasteiger partial charge in [0.05, 0.1) is 0 Å². The Balaban J connectivity index is 4.45. The lowest BCUT2D eigenvalue weighted by Crippen LogP contribution is -2.12. The SMILES string of the molecule is COCC(=O)/C(C#N)=C(/C)N. The Hall–Kier alpha value is -1.34. The number of nitrogens with zero attached hydrogens (tertiary/aromatic N) is 1. The maximum Gasteiger partial charge on any atom is 0.200 e. The van der Waals surface area contributed by atoms with E-state index in [2.05, 4.69) is 4.74 Å². The fraction of sp³-hybridized carbons (Fsp3) is 0.429. The minimum absolute atomic E-state index is 0.0214. The van der Waals surface area contributed by atoms with Crippen molar-refractivity contribution in [3.05, 3.63) is 11.3 Å². The van der Waals surface area contributed by atoms with Crippen LogP contribution < -0.4 is 5.73 Å². The lowest BCUT2D eigenvalue weighted by atomic mass is 10.1. The van der Waals surface area contributed by atoms with Crippen molar-refractivity contribution in [1.82, 2.24) is 0 Å². The molecular weight excluding hydrogens is 144 g/mol. The number of rotatable bonds is 3. The number of hydrogen-bond donors (Lipinski definition) is 1. The molecule has 60 valence electrons. The first-order valence-electron chi connectivity index (χ1n) is 3.02. The van der Waals surface area contributed by atoms with Crippen LogP contribution in [0.1, 0.15) is 6.92 Å². The fourth-order valence-electron chi connectivity index (χ4n) is 0.574. The van der Waals surface area contributed by atoms with Crippen molar-refractivity contribution in [3.63, 3.8) is 0 Å². The van der Waals surface area contributed by atoms with Gasteiger partial charge in [-0.25, -0.2) is 0 Å². The third-order valence-corrected chi connectivity index (χ3v) is 1.06. The van der Waals surface area contributed by atoms with Crippen LogP contribution in [0.5, 0.6) is 0 Å². The minimum atomic E-state index is -0.380. The van der Waals surface area contributed by atoms with E-state index in [0.29, 0.717) is 0 Å². The van der Waals surface area contributed by atoms with Crippen LogP contribution in [0.2, 0.25) is 0 Å². The van der Waals surface area contributed by atoms with Gasteiger partial charge in [-0.1, -0.05) is 0 Å². The van der Waals surface area contributed by atoms with Crippen molar-refractivity contribution in [2.75, 3.05) is 13.7 Å². The van der Waals surface area contributed by atoms with Crippen molar-refractivity contribution in [2.45, 2.75) is 6.92 Å². The van der Waals surface area contributed by atoms with E-state index < -0.39 is 0 Å². The highest BCUT2D eigenvalue weighted by molar-refractivity contribution is 6.00. The monoisotopic (exact) mass is 154 g/mol. The van der Waals surface area contributed by atoms with Crippen LogP contribution in [0.15, 0.2) is 11.3 Å². The summed E-state index contributed by atoms with van der Waals surface area (Å²) < 4.78 is 4.55. The number of nitrogens with two attached hydrogens (primary N) is 1. The number of ether oxygens (including phenoxy) is 1. The van der Waals surface area contributed by atoms with Gasteiger partial charge in [-0.2, -0.15) is 5.26 Å². The lowest BCUT2D eigenvalue weighted by molar-refractivity contribution is -0.118. The molecule has 2 N–H and O–H groups in total. The lowest BCUT2D eigenvalue weighted by Gasteiger charge is -1.97. The molecule has 0 aliphatic heterocycles. The van der Waals surface area contributed by atoms with Gasteiger partial charge in [0.1, 0.15) is 18.2 Å². The summed E-state index contributed by atoms with van der Waals surface area (Å²) in [5.74, 6) is -0.380. The van der Waals surface area contributed by atoms with Gasteiger partial charge in [0, 0.05) is 12.8 Å². The molecule has 4 heteroatoms. The quantitative estimate of drug-likeness (QED) is 0.457. The van der Waals surface area contributed by atoms with Gasteiger partial charge < -0.3 is 10.5 Å². The van der Waals surface area contributed by atoms with E-state index in [1.807, 2.05) is 0 Å². The van der Waals surface area contributed by atoms with Crippen molar-refractivity contribution >= 4 is 5.78 Å². The predicted molar refractivity (Wildman–Crippen MR) is 39.4 cm³/mol. The second-order valence-corrected chi connectivity index (χ2v) is 2.03. The molecule has 0 aromatic carbocycles. The number of allylic oxidation sites excluding steroid dienone is 1. The molecule has 0 aliphatic carbocycles. The number of Topliss-reactive ketones (excluding diaryl/α,β-unsaturated/α-hetero) is 1. The second kappa shape index (κ2) is 4.47. The Bertz CT molecular complexity index is 221. The zero-order valence-electron chi connectivity index (χ0n) is 6.55. The molecule has 0 rings (SSSR count). The number of hydrogen-bond acceptors (Lipinski definition) is 4. The standard InChI is InChI=1S/C7H10N2O2/c1-5(9)6(3-8)7(10)4-11-2/h4,9H2,1-2H3/b6-5-. The maximum atomic E-state index is 10.9. The normalized spacial score (nSPS) is 11.7. The molecule has 0 radical (unpaired) electrons. The molecule has 0 amide bonds. The van der Waals surface area contributed by atoms with Gasteiger partial charge in [0.15, 0.2) is 0 Å². The first kappa shape index (κ1) is 9.66. The molecule has 0 fully saturated rings. The van der Waals surface area contributed by atoms with Crippen molar-refractivity contribution in [3.8, 4) is 6.07 Å². The smallest absolute Gasteiger partial charge is 0.200 e. The Morgan fingerprint density at radius 2 is 2.27 bits per heavy atom. The summed E-state index contributed by atoms with van der Waals surface area (Å²) in [6.45, 7) is 1.41. The van der Waals surface area contributed by atoms with Crippen molar-refractivity contribution in [2.24, 2.45) is 5.73 Å². The Morgan fingerprint density at radius 1 is 1.73 bits per heavy atom. The molecule has 11 heavy (non-hydrogen) atoms. The predicted octanol–water partition coefficient (Wildman–Crippen LogP) is -0.0418. The molecule has 0 heterocycles. The molecule has 0 spiro atoms. The summed E-state index contributed by atoms with van der Waals surface area (Å²) in [6, 6.07) is 1.71. The van der Waals surface area contributed by atoms with E-state index in [4.69, 9.17) is 11.0 Å². The van der Waals surface area contributed by atoms with Crippen LogP contribution in [-0.4, -0.2) is 19.5 Å². The average molecular weight is 154 g/mol. The van der Waals surface area contributed by atoms with Crippen LogP contribution >= 0.6 is 0 Å². The van der Waals surface area contributed by atoms with E-state index in [9.17, 15) is 4.79 Å². The first-order chi connectivity index (χ1) is 5.13. The summed E-state index contributed by atoms with van der Waals surface area (Å²) in [6.07, 6.45) is 0. The number of carbonyl (C=O) groups is 1. The van der Waals surface area contributed by atoms with E-state index in [0.717, 1.165) is 0 Å². The van der Waals surface area contributed by atoms with E-state index in [1.165, 1.54) is 14.0 Å². The first-order valence-corrected chi connectivity index (χ1v) is 3.02. The van der Waals surface area contributed by atoms with Gasteiger partial charge in [-0.3, -0.25) is 4.79 Å².